The Bertz CT molecular complexity index is 1600. The van der Waals surface area contributed by atoms with Crippen molar-refractivity contribution in [3.05, 3.63) is 110 Å². The number of carbonyl (C=O) groups excluding carboxylic acids is 2. The quantitative estimate of drug-likeness (QED) is 0.282. The van der Waals surface area contributed by atoms with Crippen LogP contribution in [0.4, 0.5) is 11.4 Å². The van der Waals surface area contributed by atoms with Crippen molar-refractivity contribution in [3.63, 3.8) is 0 Å². The van der Waals surface area contributed by atoms with E-state index in [2.05, 4.69) is 21.1 Å². The molecular weight excluding hydrogens is 526 g/mol. The number of benzene rings is 3. The molecule has 1 saturated heterocycles. The standard InChI is InChI=1S/C25H19N7O8/c1-39-19-11-3-2-10-18(19)22-20(27-29-24(33)14-6-4-8-16(12-14)31(35)36)21(23(26)40-22)28-30-25(34)15-7-5-9-17(13-15)32(37)38/h2-13,22,26H,1H3,(H,29,33)(H,30,34)/b26-23?,27-20+,28-21+/t22-/m1/s1. The van der Waals surface area contributed by atoms with Crippen LogP contribution in [0.5, 0.6) is 5.75 Å². The minimum atomic E-state index is -1.09. The van der Waals surface area contributed by atoms with Crippen LogP contribution in [0.1, 0.15) is 32.4 Å². The molecule has 15 heteroatoms. The molecule has 202 valence electrons. The van der Waals surface area contributed by atoms with Crippen molar-refractivity contribution in [1.29, 1.82) is 5.41 Å². The summed E-state index contributed by atoms with van der Waals surface area (Å²) in [5.74, 6) is -1.74. The number of ether oxygens (including phenoxy) is 2. The predicted molar refractivity (Wildman–Crippen MR) is 141 cm³/mol. The van der Waals surface area contributed by atoms with Gasteiger partial charge in [-0.15, -0.1) is 0 Å². The summed E-state index contributed by atoms with van der Waals surface area (Å²) in [6.45, 7) is 0. The van der Waals surface area contributed by atoms with Crippen LogP contribution in [0.3, 0.4) is 0 Å². The summed E-state index contributed by atoms with van der Waals surface area (Å²) in [6.07, 6.45) is -1.09. The van der Waals surface area contributed by atoms with Crippen molar-refractivity contribution in [3.8, 4) is 5.75 Å². The number of nitrogens with zero attached hydrogens (tertiary/aromatic N) is 4. The maximum atomic E-state index is 12.7. The number of methoxy groups -OCH3 is 1. The second-order valence-electron chi connectivity index (χ2n) is 8.02. The van der Waals surface area contributed by atoms with Gasteiger partial charge in [0.25, 0.3) is 23.2 Å². The second kappa shape index (κ2) is 11.6. The fourth-order valence-corrected chi connectivity index (χ4v) is 3.65. The zero-order valence-corrected chi connectivity index (χ0v) is 20.6. The topological polar surface area (TPSA) is 212 Å². The van der Waals surface area contributed by atoms with Gasteiger partial charge in [0, 0.05) is 41.0 Å². The Hall–Kier alpha value is -5.99. The molecule has 0 spiro atoms. The van der Waals surface area contributed by atoms with Crippen LogP contribution >= 0.6 is 0 Å². The number of nitro groups is 2. The van der Waals surface area contributed by atoms with Crippen LogP contribution in [0.2, 0.25) is 0 Å². The molecule has 2 amide bonds. The highest BCUT2D eigenvalue weighted by Gasteiger charge is 2.39. The Kier molecular flexibility index (Phi) is 7.84. The van der Waals surface area contributed by atoms with Crippen LogP contribution in [0.25, 0.3) is 0 Å². The van der Waals surface area contributed by atoms with Crippen LogP contribution in [0, 0.1) is 25.6 Å². The summed E-state index contributed by atoms with van der Waals surface area (Å²) in [7, 11) is 1.42. The number of nitrogens with one attached hydrogen (secondary N) is 3. The third kappa shape index (κ3) is 5.77. The van der Waals surface area contributed by atoms with Gasteiger partial charge >= 0.3 is 0 Å². The molecule has 3 aromatic rings. The van der Waals surface area contributed by atoms with Crippen molar-refractivity contribution in [2.24, 2.45) is 10.2 Å². The van der Waals surface area contributed by atoms with Crippen molar-refractivity contribution in [2.75, 3.05) is 7.11 Å². The molecule has 0 saturated carbocycles. The van der Waals surface area contributed by atoms with E-state index in [9.17, 15) is 29.8 Å². The molecular formula is C25H19N7O8. The van der Waals surface area contributed by atoms with Crippen molar-refractivity contribution < 1.29 is 28.9 Å². The van der Waals surface area contributed by atoms with E-state index < -0.39 is 33.7 Å². The average Bonchev–Trinajstić information content (AvgIpc) is 3.28. The second-order valence-corrected chi connectivity index (χ2v) is 8.02. The molecule has 1 aliphatic heterocycles. The molecule has 0 radical (unpaired) electrons. The van der Waals surface area contributed by atoms with Gasteiger partial charge in [-0.3, -0.25) is 35.2 Å². The number of para-hydroxylation sites is 1. The average molecular weight is 545 g/mol. The first kappa shape index (κ1) is 27.1. The fraction of sp³-hybridized carbons (Fsp3) is 0.0800. The number of amides is 2. The lowest BCUT2D eigenvalue weighted by molar-refractivity contribution is -0.385. The van der Waals surface area contributed by atoms with E-state index in [1.165, 1.54) is 43.5 Å². The highest BCUT2D eigenvalue weighted by molar-refractivity contribution is 6.69. The molecule has 1 fully saturated rings. The van der Waals surface area contributed by atoms with Gasteiger partial charge in [0.1, 0.15) is 11.5 Å². The summed E-state index contributed by atoms with van der Waals surface area (Å²) in [5, 5.41) is 38.4. The van der Waals surface area contributed by atoms with Gasteiger partial charge in [0.05, 0.1) is 17.0 Å². The Morgan fingerprint density at radius 1 is 0.875 bits per heavy atom. The number of rotatable bonds is 8. The molecule has 0 aliphatic carbocycles. The van der Waals surface area contributed by atoms with Crippen LogP contribution in [-0.4, -0.2) is 46.1 Å². The number of nitro benzene ring substituents is 2. The third-order valence-corrected chi connectivity index (χ3v) is 5.55. The number of carbonyl (C=O) groups is 2. The molecule has 15 nitrogen and oxygen atoms in total. The molecule has 4 rings (SSSR count). The number of hydrogen-bond donors (Lipinski definition) is 3. The minimum absolute atomic E-state index is 0.0566. The first-order valence-corrected chi connectivity index (χ1v) is 11.3. The van der Waals surface area contributed by atoms with E-state index in [1.807, 2.05) is 0 Å². The van der Waals surface area contributed by atoms with Crippen LogP contribution < -0.4 is 15.6 Å². The summed E-state index contributed by atoms with van der Waals surface area (Å²) < 4.78 is 11.0. The zero-order chi connectivity index (χ0) is 28.8. The molecule has 1 heterocycles. The summed E-state index contributed by atoms with van der Waals surface area (Å²) in [4.78, 5) is 46.2. The Balaban J connectivity index is 1.68. The lowest BCUT2D eigenvalue weighted by atomic mass is 10.0. The van der Waals surface area contributed by atoms with E-state index in [1.54, 1.807) is 24.3 Å². The predicted octanol–water partition coefficient (Wildman–Crippen LogP) is 3.13. The lowest BCUT2D eigenvalue weighted by Gasteiger charge is -2.14. The van der Waals surface area contributed by atoms with E-state index >= 15 is 0 Å². The molecule has 3 aromatic carbocycles. The van der Waals surface area contributed by atoms with Gasteiger partial charge in [0.15, 0.2) is 11.8 Å². The number of hydrazone groups is 2. The highest BCUT2D eigenvalue weighted by Crippen LogP contribution is 2.33. The molecule has 3 N–H and O–H groups in total. The summed E-state index contributed by atoms with van der Waals surface area (Å²) >= 11 is 0. The highest BCUT2D eigenvalue weighted by atomic mass is 16.6. The smallest absolute Gasteiger partial charge is 0.271 e. The molecule has 0 bridgehead atoms. The first-order chi connectivity index (χ1) is 19.2. The zero-order valence-electron chi connectivity index (χ0n) is 20.6. The molecule has 40 heavy (non-hydrogen) atoms. The van der Waals surface area contributed by atoms with Gasteiger partial charge in [-0.2, -0.15) is 10.2 Å². The molecule has 0 unspecified atom stereocenters. The Labute approximate surface area is 224 Å². The minimum Gasteiger partial charge on any atom is -0.496 e. The largest absolute Gasteiger partial charge is 0.496 e. The van der Waals surface area contributed by atoms with E-state index in [0.717, 1.165) is 12.1 Å². The van der Waals surface area contributed by atoms with Gasteiger partial charge in [0.2, 0.25) is 5.90 Å². The van der Waals surface area contributed by atoms with Crippen LogP contribution in [-0.2, 0) is 4.74 Å². The van der Waals surface area contributed by atoms with Gasteiger partial charge in [-0.05, 0) is 18.2 Å². The Morgan fingerprint density at radius 2 is 1.43 bits per heavy atom. The van der Waals surface area contributed by atoms with Gasteiger partial charge in [-0.1, -0.05) is 30.3 Å². The monoisotopic (exact) mass is 545 g/mol. The first-order valence-electron chi connectivity index (χ1n) is 11.3. The van der Waals surface area contributed by atoms with Crippen LogP contribution in [0.15, 0.2) is 83.0 Å². The van der Waals surface area contributed by atoms with E-state index in [0.29, 0.717) is 11.3 Å². The van der Waals surface area contributed by atoms with Gasteiger partial charge in [-0.25, -0.2) is 10.9 Å². The molecule has 1 atom stereocenters. The normalized spacial score (nSPS) is 16.3. The van der Waals surface area contributed by atoms with Gasteiger partial charge < -0.3 is 9.47 Å². The van der Waals surface area contributed by atoms with Crippen molar-refractivity contribution >= 4 is 40.5 Å². The van der Waals surface area contributed by atoms with Crippen molar-refractivity contribution in [2.45, 2.75) is 6.10 Å². The van der Waals surface area contributed by atoms with E-state index in [4.69, 9.17) is 14.9 Å². The maximum absolute atomic E-state index is 12.7. The SMILES string of the molecule is COc1ccccc1[C@H]1OC(=N)C(=N/NC(=O)c2cccc([N+](=O)[O-])c2)/C1=N\NC(=O)c1cccc([N+](=O)[O-])c1. The van der Waals surface area contributed by atoms with E-state index in [-0.39, 0.29) is 33.9 Å². The Morgan fingerprint density at radius 3 is 1.98 bits per heavy atom. The number of non-ortho nitro benzene ring substituents is 2. The third-order valence-electron chi connectivity index (χ3n) is 5.55. The molecule has 0 aromatic heterocycles. The fourth-order valence-electron chi connectivity index (χ4n) is 3.65. The maximum Gasteiger partial charge on any atom is 0.271 e. The van der Waals surface area contributed by atoms with Crippen molar-refractivity contribution in [1.82, 2.24) is 10.9 Å². The molecule has 1 aliphatic rings. The summed E-state index contributed by atoms with van der Waals surface area (Å²) in [6, 6.07) is 16.6. The summed E-state index contributed by atoms with van der Waals surface area (Å²) in [5.41, 5.74) is 3.84. The lowest BCUT2D eigenvalue weighted by Crippen LogP contribution is -2.28. The number of hydrogen-bond acceptors (Lipinski definition) is 11.